The van der Waals surface area contributed by atoms with Gasteiger partial charge in [0.1, 0.15) is 0 Å². The van der Waals surface area contributed by atoms with Gasteiger partial charge in [-0.25, -0.2) is 4.98 Å². The molecule has 0 radical (unpaired) electrons. The van der Waals surface area contributed by atoms with Gasteiger partial charge in [-0.3, -0.25) is 4.98 Å². The van der Waals surface area contributed by atoms with Crippen LogP contribution in [0.4, 0.5) is 0 Å². The van der Waals surface area contributed by atoms with Crippen molar-refractivity contribution in [2.24, 2.45) is 0 Å². The van der Waals surface area contributed by atoms with Crippen LogP contribution in [0.5, 0.6) is 0 Å². The third kappa shape index (κ3) is 4.70. The third-order valence-corrected chi connectivity index (χ3v) is 2.64. The minimum atomic E-state index is 0.243. The van der Waals surface area contributed by atoms with Crippen LogP contribution in [0.2, 0.25) is 0 Å². The van der Waals surface area contributed by atoms with E-state index in [1.807, 2.05) is 12.4 Å². The second-order valence-electron chi connectivity index (χ2n) is 5.29. The molecule has 2 aromatic heterocycles. The van der Waals surface area contributed by atoms with Crippen LogP contribution < -0.4 is 0 Å². The van der Waals surface area contributed by atoms with Gasteiger partial charge in [-0.2, -0.15) is 0 Å². The zero-order chi connectivity index (χ0) is 13.4. The van der Waals surface area contributed by atoms with Crippen LogP contribution >= 0.6 is 0 Å². The van der Waals surface area contributed by atoms with Gasteiger partial charge in [0, 0.05) is 24.8 Å². The molecular weight excluding hydrogens is 222 g/mol. The highest BCUT2D eigenvalue weighted by Crippen LogP contribution is 2.25. The van der Waals surface area contributed by atoms with E-state index in [1.165, 1.54) is 17.5 Å². The molecule has 2 heterocycles. The number of H-pyrrole nitrogens is 1. The summed E-state index contributed by atoms with van der Waals surface area (Å²) in [4.78, 5) is 10.6. The molecule has 0 unspecified atom stereocenters. The Bertz CT molecular complexity index is 410. The molecule has 0 amide bonds. The molecule has 18 heavy (non-hydrogen) atoms. The average Bonchev–Trinajstić information content (AvgIpc) is 2.87. The number of rotatable bonds is 2. The van der Waals surface area contributed by atoms with Gasteiger partial charge in [-0.15, -0.1) is 0 Å². The number of nitrogens with zero attached hydrogens (tertiary/aromatic N) is 2. The lowest BCUT2D eigenvalue weighted by Crippen LogP contribution is -2.14. The van der Waals surface area contributed by atoms with E-state index in [0.29, 0.717) is 0 Å². The van der Waals surface area contributed by atoms with Gasteiger partial charge in [0.25, 0.3) is 0 Å². The number of aryl methyl sites for hydroxylation is 1. The molecule has 0 fully saturated rings. The molecule has 0 saturated carbocycles. The summed E-state index contributed by atoms with van der Waals surface area (Å²) in [5.41, 5.74) is 3.08. The largest absolute Gasteiger partial charge is 0.351 e. The summed E-state index contributed by atoms with van der Waals surface area (Å²) in [7, 11) is 0. The maximum atomic E-state index is 4.18. The zero-order valence-electron chi connectivity index (χ0n) is 11.8. The quantitative estimate of drug-likeness (QED) is 0.875. The number of aromatic amines is 1. The standard InChI is InChI=1S/C12H19N.C3H4N2/c1-5-6-10-9-13-8-7-11(10)12(2,3)4;1-2-5-3-4-1/h7-9H,5-6H2,1-4H3;1-3H,(H,4,5). The Morgan fingerprint density at radius 2 is 1.94 bits per heavy atom. The van der Waals surface area contributed by atoms with Crippen molar-refractivity contribution in [3.8, 4) is 0 Å². The molecule has 98 valence electrons. The molecule has 0 aliphatic rings. The highest BCUT2D eigenvalue weighted by molar-refractivity contribution is 5.29. The molecule has 0 aliphatic carbocycles. The number of nitrogens with one attached hydrogen (secondary N) is 1. The lowest BCUT2D eigenvalue weighted by atomic mass is 9.84. The molecule has 2 rings (SSSR count). The molecular formula is C15H23N3. The lowest BCUT2D eigenvalue weighted by Gasteiger charge is -2.22. The average molecular weight is 245 g/mol. The first-order valence-electron chi connectivity index (χ1n) is 6.41. The van der Waals surface area contributed by atoms with Gasteiger partial charge in [0.15, 0.2) is 0 Å². The molecule has 2 aromatic rings. The fraction of sp³-hybridized carbons (Fsp3) is 0.467. The van der Waals surface area contributed by atoms with Crippen molar-refractivity contribution in [2.45, 2.75) is 46.0 Å². The van der Waals surface area contributed by atoms with Crippen LogP contribution in [0.25, 0.3) is 0 Å². The van der Waals surface area contributed by atoms with Gasteiger partial charge >= 0.3 is 0 Å². The fourth-order valence-electron chi connectivity index (χ4n) is 1.84. The number of imidazole rings is 1. The second-order valence-corrected chi connectivity index (χ2v) is 5.29. The SMILES string of the molecule is CCCc1cnccc1C(C)(C)C.c1c[nH]cn1. The molecule has 0 saturated heterocycles. The fourth-order valence-corrected chi connectivity index (χ4v) is 1.84. The van der Waals surface area contributed by atoms with Crippen molar-refractivity contribution in [1.82, 2.24) is 15.0 Å². The van der Waals surface area contributed by atoms with Crippen molar-refractivity contribution in [2.75, 3.05) is 0 Å². The van der Waals surface area contributed by atoms with Crippen molar-refractivity contribution in [1.29, 1.82) is 0 Å². The van der Waals surface area contributed by atoms with E-state index in [2.05, 4.69) is 48.7 Å². The third-order valence-electron chi connectivity index (χ3n) is 2.64. The molecule has 0 atom stereocenters. The first kappa shape index (κ1) is 14.4. The molecule has 0 aromatic carbocycles. The van der Waals surface area contributed by atoms with E-state index < -0.39 is 0 Å². The van der Waals surface area contributed by atoms with Crippen LogP contribution in [0.3, 0.4) is 0 Å². The Kier molecular flexibility index (Phi) is 5.56. The van der Waals surface area contributed by atoms with Crippen LogP contribution in [0, 0.1) is 0 Å². The number of hydrogen-bond acceptors (Lipinski definition) is 2. The summed E-state index contributed by atoms with van der Waals surface area (Å²) in [6.45, 7) is 8.96. The summed E-state index contributed by atoms with van der Waals surface area (Å²) >= 11 is 0. The van der Waals surface area contributed by atoms with Gasteiger partial charge in [0.2, 0.25) is 0 Å². The van der Waals surface area contributed by atoms with E-state index in [9.17, 15) is 0 Å². The topological polar surface area (TPSA) is 41.6 Å². The molecule has 0 spiro atoms. The minimum Gasteiger partial charge on any atom is -0.351 e. The Balaban J connectivity index is 0.000000269. The highest BCUT2D eigenvalue weighted by Gasteiger charge is 2.16. The smallest absolute Gasteiger partial charge is 0.0919 e. The van der Waals surface area contributed by atoms with Gasteiger partial charge in [-0.05, 0) is 29.0 Å². The summed E-state index contributed by atoms with van der Waals surface area (Å²) < 4.78 is 0. The van der Waals surface area contributed by atoms with E-state index >= 15 is 0 Å². The molecule has 3 nitrogen and oxygen atoms in total. The Morgan fingerprint density at radius 1 is 1.17 bits per heavy atom. The highest BCUT2D eigenvalue weighted by atomic mass is 14.8. The number of pyridine rings is 1. The van der Waals surface area contributed by atoms with Crippen LogP contribution in [-0.4, -0.2) is 15.0 Å². The first-order valence-corrected chi connectivity index (χ1v) is 6.41. The van der Waals surface area contributed by atoms with Crippen molar-refractivity contribution < 1.29 is 0 Å². The zero-order valence-corrected chi connectivity index (χ0v) is 11.8. The Labute approximate surface area is 110 Å². The van der Waals surface area contributed by atoms with Crippen molar-refractivity contribution >= 4 is 0 Å². The molecule has 0 aliphatic heterocycles. The van der Waals surface area contributed by atoms with E-state index in [1.54, 1.807) is 18.7 Å². The Hall–Kier alpha value is -1.64. The maximum absolute atomic E-state index is 4.18. The summed E-state index contributed by atoms with van der Waals surface area (Å²) in [5.74, 6) is 0. The predicted molar refractivity (Wildman–Crippen MR) is 75.5 cm³/mol. The first-order chi connectivity index (χ1) is 8.55. The van der Waals surface area contributed by atoms with Gasteiger partial charge < -0.3 is 4.98 Å². The van der Waals surface area contributed by atoms with Crippen molar-refractivity contribution in [3.05, 3.63) is 48.3 Å². The number of aromatic nitrogens is 3. The summed E-state index contributed by atoms with van der Waals surface area (Å²) in [5, 5.41) is 0. The minimum absolute atomic E-state index is 0.243. The monoisotopic (exact) mass is 245 g/mol. The van der Waals surface area contributed by atoms with Crippen LogP contribution in [-0.2, 0) is 11.8 Å². The molecule has 3 heteroatoms. The van der Waals surface area contributed by atoms with Gasteiger partial charge in [0.05, 0.1) is 6.33 Å². The second kappa shape index (κ2) is 6.94. The number of hydrogen-bond donors (Lipinski definition) is 1. The Morgan fingerprint density at radius 3 is 2.39 bits per heavy atom. The predicted octanol–water partition coefficient (Wildman–Crippen LogP) is 3.74. The van der Waals surface area contributed by atoms with Crippen LogP contribution in [0.1, 0.15) is 45.2 Å². The van der Waals surface area contributed by atoms with Crippen LogP contribution in [0.15, 0.2) is 37.2 Å². The van der Waals surface area contributed by atoms with Crippen molar-refractivity contribution in [3.63, 3.8) is 0 Å². The van der Waals surface area contributed by atoms with E-state index in [4.69, 9.17) is 0 Å². The van der Waals surface area contributed by atoms with E-state index in [-0.39, 0.29) is 5.41 Å². The molecule has 1 N–H and O–H groups in total. The lowest BCUT2D eigenvalue weighted by molar-refractivity contribution is 0.580. The summed E-state index contributed by atoms with van der Waals surface area (Å²) in [6, 6.07) is 2.14. The summed E-state index contributed by atoms with van der Waals surface area (Å²) in [6.07, 6.45) is 11.3. The van der Waals surface area contributed by atoms with E-state index in [0.717, 1.165) is 6.42 Å². The maximum Gasteiger partial charge on any atom is 0.0919 e. The molecule has 0 bridgehead atoms. The van der Waals surface area contributed by atoms with Gasteiger partial charge in [-0.1, -0.05) is 34.1 Å². The normalized spacial score (nSPS) is 10.7.